The van der Waals surface area contributed by atoms with E-state index >= 15 is 0 Å². The quantitative estimate of drug-likeness (QED) is 0.448. The first-order chi connectivity index (χ1) is 11.9. The molecule has 1 heterocycles. The number of rotatable bonds is 6. The van der Waals surface area contributed by atoms with Crippen LogP contribution in [0, 0.1) is 0 Å². The first-order valence-electron chi connectivity index (χ1n) is 7.74. The van der Waals surface area contributed by atoms with Crippen molar-refractivity contribution in [3.05, 3.63) is 35.9 Å². The summed E-state index contributed by atoms with van der Waals surface area (Å²) in [5.41, 5.74) is 6.68. The average molecular weight is 348 g/mol. The fourth-order valence-electron chi connectivity index (χ4n) is 2.37. The van der Waals surface area contributed by atoms with Crippen LogP contribution < -0.4 is 16.4 Å². The normalized spacial score (nSPS) is 16.8. The molecule has 0 bridgehead atoms. The number of hydrogen-bond donors (Lipinski definition) is 4. The van der Waals surface area contributed by atoms with E-state index in [0.717, 1.165) is 5.56 Å². The van der Waals surface area contributed by atoms with E-state index in [2.05, 4.69) is 10.6 Å². The lowest BCUT2D eigenvalue weighted by Gasteiger charge is -2.28. The lowest BCUT2D eigenvalue weighted by Crippen LogP contribution is -2.60. The third kappa shape index (κ3) is 4.85. The van der Waals surface area contributed by atoms with Crippen molar-refractivity contribution in [1.82, 2.24) is 15.5 Å². The molecule has 25 heavy (non-hydrogen) atoms. The monoisotopic (exact) mass is 348 g/mol. The van der Waals surface area contributed by atoms with E-state index in [0.29, 0.717) is 4.90 Å². The summed E-state index contributed by atoms with van der Waals surface area (Å²) in [7, 11) is 0. The second kappa shape index (κ2) is 8.36. The Morgan fingerprint density at radius 2 is 1.96 bits per heavy atom. The fourth-order valence-corrected chi connectivity index (χ4v) is 2.37. The zero-order valence-corrected chi connectivity index (χ0v) is 13.5. The molecule has 1 aliphatic heterocycles. The van der Waals surface area contributed by atoms with E-state index in [4.69, 9.17) is 5.73 Å². The first-order valence-corrected chi connectivity index (χ1v) is 7.74. The van der Waals surface area contributed by atoms with Gasteiger partial charge in [0.05, 0.1) is 19.2 Å². The van der Waals surface area contributed by atoms with E-state index in [1.165, 1.54) is 0 Å². The number of carbonyl (C=O) groups excluding carboxylic acids is 4. The highest BCUT2D eigenvalue weighted by Crippen LogP contribution is 2.04. The largest absolute Gasteiger partial charge is 0.394 e. The van der Waals surface area contributed by atoms with Crippen LogP contribution in [0.2, 0.25) is 0 Å². The minimum atomic E-state index is -1.34. The standard InChI is InChI=1S/C16H20N4O5/c17-11(6-10-4-2-1-3-5-10)15(24)19-12(9-21)16(25)20-8-13(22)18-7-14(20)23/h1-5,11-12,21H,6-9,17H2,(H,18,22)(H,19,24). The fraction of sp³-hybridized carbons (Fsp3) is 0.375. The number of piperazine rings is 1. The molecule has 4 amide bonds. The maximum Gasteiger partial charge on any atom is 0.254 e. The van der Waals surface area contributed by atoms with Gasteiger partial charge in [-0.15, -0.1) is 0 Å². The second-order valence-electron chi connectivity index (χ2n) is 5.63. The first kappa shape index (κ1) is 18.6. The van der Waals surface area contributed by atoms with Crippen molar-refractivity contribution in [2.45, 2.75) is 18.5 Å². The summed E-state index contributed by atoms with van der Waals surface area (Å²) < 4.78 is 0. The maximum absolute atomic E-state index is 12.3. The van der Waals surface area contributed by atoms with E-state index in [9.17, 15) is 24.3 Å². The van der Waals surface area contributed by atoms with Crippen molar-refractivity contribution in [1.29, 1.82) is 0 Å². The highest BCUT2D eigenvalue weighted by molar-refractivity contribution is 6.05. The van der Waals surface area contributed by atoms with Crippen LogP contribution in [-0.4, -0.2) is 65.4 Å². The molecule has 0 saturated carbocycles. The lowest BCUT2D eigenvalue weighted by molar-refractivity contribution is -0.153. The van der Waals surface area contributed by atoms with Gasteiger partial charge in [-0.05, 0) is 12.0 Å². The maximum atomic E-state index is 12.3. The third-order valence-corrected chi connectivity index (χ3v) is 3.74. The van der Waals surface area contributed by atoms with Gasteiger partial charge in [0.25, 0.3) is 5.91 Å². The number of benzene rings is 1. The molecule has 1 aliphatic rings. The summed E-state index contributed by atoms with van der Waals surface area (Å²) in [5.74, 6) is -2.57. The van der Waals surface area contributed by atoms with Gasteiger partial charge in [-0.25, -0.2) is 0 Å². The van der Waals surface area contributed by atoms with Crippen molar-refractivity contribution in [2.24, 2.45) is 5.73 Å². The summed E-state index contributed by atoms with van der Waals surface area (Å²) in [6, 6.07) is 6.81. The Morgan fingerprint density at radius 1 is 1.28 bits per heavy atom. The van der Waals surface area contributed by atoms with Crippen molar-refractivity contribution in [2.75, 3.05) is 19.7 Å². The molecule has 0 radical (unpaired) electrons. The highest BCUT2D eigenvalue weighted by Gasteiger charge is 2.34. The predicted octanol–water partition coefficient (Wildman–Crippen LogP) is -2.48. The van der Waals surface area contributed by atoms with E-state index in [1.807, 2.05) is 30.3 Å². The van der Waals surface area contributed by atoms with E-state index < -0.39 is 48.9 Å². The molecule has 2 rings (SSSR count). The van der Waals surface area contributed by atoms with Gasteiger partial charge in [0.15, 0.2) is 0 Å². The van der Waals surface area contributed by atoms with Crippen molar-refractivity contribution >= 4 is 23.6 Å². The van der Waals surface area contributed by atoms with E-state index in [-0.39, 0.29) is 13.0 Å². The number of aliphatic hydroxyl groups is 1. The predicted molar refractivity (Wildman–Crippen MR) is 86.9 cm³/mol. The third-order valence-electron chi connectivity index (χ3n) is 3.74. The van der Waals surface area contributed by atoms with Crippen LogP contribution >= 0.6 is 0 Å². The van der Waals surface area contributed by atoms with Crippen LogP contribution in [-0.2, 0) is 25.6 Å². The number of nitrogens with two attached hydrogens (primary N) is 1. The topological polar surface area (TPSA) is 142 Å². The Labute approximate surface area is 144 Å². The summed E-state index contributed by atoms with van der Waals surface area (Å²) in [6.07, 6.45) is 0.254. The number of carbonyl (C=O) groups is 4. The summed E-state index contributed by atoms with van der Waals surface area (Å²) in [4.78, 5) is 48.3. The Bertz CT molecular complexity index is 664. The number of imide groups is 1. The average Bonchev–Trinajstić information content (AvgIpc) is 2.61. The molecule has 9 heteroatoms. The molecule has 2 unspecified atom stereocenters. The molecule has 5 N–H and O–H groups in total. The van der Waals surface area contributed by atoms with Crippen molar-refractivity contribution in [3.8, 4) is 0 Å². The SMILES string of the molecule is NC(Cc1ccccc1)C(=O)NC(CO)C(=O)N1CC(=O)NCC1=O. The summed E-state index contributed by atoms with van der Waals surface area (Å²) in [6.45, 7) is -1.46. The molecule has 2 atom stereocenters. The highest BCUT2D eigenvalue weighted by atomic mass is 16.3. The number of nitrogens with zero attached hydrogens (tertiary/aromatic N) is 1. The van der Waals surface area contributed by atoms with Gasteiger partial charge in [-0.1, -0.05) is 30.3 Å². The van der Waals surface area contributed by atoms with Gasteiger partial charge in [0.2, 0.25) is 17.7 Å². The minimum Gasteiger partial charge on any atom is -0.394 e. The number of nitrogens with one attached hydrogen (secondary N) is 2. The van der Waals surface area contributed by atoms with Gasteiger partial charge < -0.3 is 21.5 Å². The Hall–Kier alpha value is -2.78. The van der Waals surface area contributed by atoms with Gasteiger partial charge in [0, 0.05) is 0 Å². The summed E-state index contributed by atoms with van der Waals surface area (Å²) in [5, 5.41) is 14.0. The van der Waals surface area contributed by atoms with Crippen LogP contribution in [0.1, 0.15) is 5.56 Å². The molecular weight excluding hydrogens is 328 g/mol. The van der Waals surface area contributed by atoms with Gasteiger partial charge in [-0.3, -0.25) is 24.1 Å². The van der Waals surface area contributed by atoms with Crippen molar-refractivity contribution < 1.29 is 24.3 Å². The van der Waals surface area contributed by atoms with Gasteiger partial charge in [-0.2, -0.15) is 0 Å². The van der Waals surface area contributed by atoms with Crippen molar-refractivity contribution in [3.63, 3.8) is 0 Å². The van der Waals surface area contributed by atoms with Gasteiger partial charge >= 0.3 is 0 Å². The number of amides is 4. The molecule has 0 aromatic heterocycles. The molecule has 1 aromatic rings. The molecule has 1 saturated heterocycles. The minimum absolute atomic E-state index is 0.254. The van der Waals surface area contributed by atoms with Crippen LogP contribution in [0.25, 0.3) is 0 Å². The van der Waals surface area contributed by atoms with Gasteiger partial charge in [0.1, 0.15) is 12.6 Å². The molecule has 0 spiro atoms. The van der Waals surface area contributed by atoms with Crippen LogP contribution in [0.5, 0.6) is 0 Å². The lowest BCUT2D eigenvalue weighted by atomic mass is 10.1. The Kier molecular flexibility index (Phi) is 6.20. The smallest absolute Gasteiger partial charge is 0.254 e. The molecular formula is C16H20N4O5. The van der Waals surface area contributed by atoms with Crippen LogP contribution in [0.15, 0.2) is 30.3 Å². The molecule has 1 aromatic carbocycles. The molecule has 0 aliphatic carbocycles. The van der Waals surface area contributed by atoms with Crippen LogP contribution in [0.4, 0.5) is 0 Å². The van der Waals surface area contributed by atoms with Crippen LogP contribution in [0.3, 0.4) is 0 Å². The molecule has 9 nitrogen and oxygen atoms in total. The van der Waals surface area contributed by atoms with E-state index in [1.54, 1.807) is 0 Å². The zero-order valence-electron chi connectivity index (χ0n) is 13.5. The molecule has 1 fully saturated rings. The second-order valence-corrected chi connectivity index (χ2v) is 5.63. The Balaban J connectivity index is 1.97. The number of hydrogen-bond acceptors (Lipinski definition) is 6. The summed E-state index contributed by atoms with van der Waals surface area (Å²) >= 11 is 0. The zero-order chi connectivity index (χ0) is 18.4. The number of aliphatic hydroxyl groups excluding tert-OH is 1. The Morgan fingerprint density at radius 3 is 2.60 bits per heavy atom. The molecule has 134 valence electrons.